The molecule has 0 unspecified atom stereocenters. The van der Waals surface area contributed by atoms with Crippen molar-refractivity contribution in [3.05, 3.63) is 89.5 Å². The van der Waals surface area contributed by atoms with E-state index < -0.39 is 0 Å². The second-order valence-corrected chi connectivity index (χ2v) is 7.15. The Hall–Kier alpha value is -3.41. The summed E-state index contributed by atoms with van der Waals surface area (Å²) in [5.74, 6) is 2.25. The van der Waals surface area contributed by atoms with Gasteiger partial charge in [0, 0.05) is 17.5 Å². The standard InChI is InChI=1S/C24H20N2O3/c1-15-22(13-19-12-18-11-16(14-25-27)9-10-23(18)29-19)26-24(28-15)21-8-4-6-17-5-2-3-7-20(17)21/h2-12,25,27H,13-14H2,1H3. The highest BCUT2D eigenvalue weighted by atomic mass is 16.5. The molecule has 3 aromatic carbocycles. The second kappa shape index (κ2) is 7.20. The zero-order valence-corrected chi connectivity index (χ0v) is 16.0. The van der Waals surface area contributed by atoms with Gasteiger partial charge < -0.3 is 14.0 Å². The minimum absolute atomic E-state index is 0.396. The van der Waals surface area contributed by atoms with Crippen LogP contribution in [0.3, 0.4) is 0 Å². The van der Waals surface area contributed by atoms with Gasteiger partial charge in [-0.25, -0.2) is 10.5 Å². The van der Waals surface area contributed by atoms with E-state index in [9.17, 15) is 0 Å². The maximum Gasteiger partial charge on any atom is 0.227 e. The number of fused-ring (bicyclic) bond motifs is 2. The van der Waals surface area contributed by atoms with Gasteiger partial charge in [0.25, 0.3) is 0 Å². The predicted molar refractivity (Wildman–Crippen MR) is 112 cm³/mol. The predicted octanol–water partition coefficient (Wildman–Crippen LogP) is 5.62. The van der Waals surface area contributed by atoms with Crippen LogP contribution in [-0.2, 0) is 13.0 Å². The molecule has 5 nitrogen and oxygen atoms in total. The van der Waals surface area contributed by atoms with Gasteiger partial charge in [-0.1, -0.05) is 42.5 Å². The molecule has 5 rings (SSSR count). The number of nitrogens with zero attached hydrogens (tertiary/aromatic N) is 1. The largest absolute Gasteiger partial charge is 0.461 e. The molecule has 144 valence electrons. The van der Waals surface area contributed by atoms with Gasteiger partial charge >= 0.3 is 0 Å². The number of benzene rings is 3. The van der Waals surface area contributed by atoms with Crippen molar-refractivity contribution >= 4 is 21.7 Å². The Kier molecular flexibility index (Phi) is 4.39. The Bertz CT molecular complexity index is 1310. The Morgan fingerprint density at radius 2 is 1.79 bits per heavy atom. The number of rotatable bonds is 5. The molecule has 0 saturated carbocycles. The van der Waals surface area contributed by atoms with Crippen molar-refractivity contribution in [2.24, 2.45) is 0 Å². The van der Waals surface area contributed by atoms with Crippen molar-refractivity contribution in [2.75, 3.05) is 0 Å². The van der Waals surface area contributed by atoms with E-state index in [1.807, 2.05) is 55.5 Å². The summed E-state index contributed by atoms with van der Waals surface area (Å²) in [5.41, 5.74) is 5.84. The summed E-state index contributed by atoms with van der Waals surface area (Å²) in [6.07, 6.45) is 0.558. The van der Waals surface area contributed by atoms with Gasteiger partial charge in [-0.05, 0) is 47.5 Å². The highest BCUT2D eigenvalue weighted by Gasteiger charge is 2.16. The molecule has 2 N–H and O–H groups in total. The molecule has 0 saturated heterocycles. The van der Waals surface area contributed by atoms with E-state index in [-0.39, 0.29) is 0 Å². The number of furan rings is 1. The third-order valence-corrected chi connectivity index (χ3v) is 5.17. The SMILES string of the molecule is Cc1oc(-c2cccc3ccccc23)nc1Cc1cc2cc(CNO)ccc2o1. The minimum Gasteiger partial charge on any atom is -0.461 e. The molecule has 29 heavy (non-hydrogen) atoms. The van der Waals surface area contributed by atoms with Gasteiger partial charge in [-0.3, -0.25) is 0 Å². The third kappa shape index (κ3) is 3.31. The van der Waals surface area contributed by atoms with Gasteiger partial charge in [0.1, 0.15) is 17.1 Å². The first-order valence-electron chi connectivity index (χ1n) is 9.54. The highest BCUT2D eigenvalue weighted by Crippen LogP contribution is 2.30. The first-order chi connectivity index (χ1) is 14.2. The van der Waals surface area contributed by atoms with Crippen molar-refractivity contribution < 1.29 is 14.0 Å². The van der Waals surface area contributed by atoms with Gasteiger partial charge in [0.05, 0.1) is 12.1 Å². The Balaban J connectivity index is 1.48. The first-order valence-corrected chi connectivity index (χ1v) is 9.54. The quantitative estimate of drug-likeness (QED) is 0.385. The lowest BCUT2D eigenvalue weighted by Gasteiger charge is -2.02. The van der Waals surface area contributed by atoms with E-state index in [0.29, 0.717) is 18.9 Å². The molecule has 0 bridgehead atoms. The fourth-order valence-electron chi connectivity index (χ4n) is 3.72. The molecule has 2 heterocycles. The van der Waals surface area contributed by atoms with Crippen molar-refractivity contribution in [2.45, 2.75) is 19.9 Å². The molecule has 5 heteroatoms. The maximum absolute atomic E-state index is 8.89. The zero-order valence-electron chi connectivity index (χ0n) is 16.0. The molecule has 0 aliphatic carbocycles. The van der Waals surface area contributed by atoms with Gasteiger partial charge in [0.15, 0.2) is 0 Å². The Morgan fingerprint density at radius 3 is 2.69 bits per heavy atom. The lowest BCUT2D eigenvalue weighted by Crippen LogP contribution is -2.05. The number of hydrogen-bond acceptors (Lipinski definition) is 5. The van der Waals surface area contributed by atoms with Crippen molar-refractivity contribution in [1.82, 2.24) is 10.5 Å². The van der Waals surface area contributed by atoms with E-state index in [1.54, 1.807) is 0 Å². The van der Waals surface area contributed by atoms with E-state index >= 15 is 0 Å². The number of oxazole rings is 1. The van der Waals surface area contributed by atoms with Crippen LogP contribution in [-0.4, -0.2) is 10.2 Å². The molecule has 0 radical (unpaired) electrons. The van der Waals surface area contributed by atoms with Crippen LogP contribution < -0.4 is 5.48 Å². The average molecular weight is 384 g/mol. The van der Waals surface area contributed by atoms with Crippen LogP contribution in [0.2, 0.25) is 0 Å². The van der Waals surface area contributed by atoms with Crippen molar-refractivity contribution in [3.63, 3.8) is 0 Å². The van der Waals surface area contributed by atoms with Crippen LogP contribution in [0.1, 0.15) is 22.8 Å². The summed E-state index contributed by atoms with van der Waals surface area (Å²) >= 11 is 0. The summed E-state index contributed by atoms with van der Waals surface area (Å²) in [5, 5.41) is 12.2. The van der Waals surface area contributed by atoms with Crippen LogP contribution in [0.5, 0.6) is 0 Å². The molecular weight excluding hydrogens is 364 g/mol. The summed E-state index contributed by atoms with van der Waals surface area (Å²) < 4.78 is 12.0. The fourth-order valence-corrected chi connectivity index (χ4v) is 3.72. The van der Waals surface area contributed by atoms with Gasteiger partial charge in [-0.15, -0.1) is 0 Å². The number of hydroxylamine groups is 1. The number of aryl methyl sites for hydroxylation is 1. The van der Waals surface area contributed by atoms with Crippen LogP contribution in [0, 0.1) is 6.92 Å². The number of nitrogens with one attached hydrogen (secondary N) is 1. The van der Waals surface area contributed by atoms with Crippen LogP contribution in [0.4, 0.5) is 0 Å². The summed E-state index contributed by atoms with van der Waals surface area (Å²) in [6.45, 7) is 2.33. The summed E-state index contributed by atoms with van der Waals surface area (Å²) in [6, 6.07) is 22.2. The molecule has 0 amide bonds. The molecular formula is C24H20N2O3. The van der Waals surface area contributed by atoms with E-state index in [2.05, 4.69) is 23.7 Å². The summed E-state index contributed by atoms with van der Waals surface area (Å²) in [4.78, 5) is 4.77. The van der Waals surface area contributed by atoms with Crippen molar-refractivity contribution in [1.29, 1.82) is 0 Å². The van der Waals surface area contributed by atoms with Crippen molar-refractivity contribution in [3.8, 4) is 11.5 Å². The topological polar surface area (TPSA) is 71.4 Å². The fraction of sp³-hybridized carbons (Fsp3) is 0.125. The molecule has 0 spiro atoms. The molecule has 5 aromatic rings. The third-order valence-electron chi connectivity index (χ3n) is 5.17. The van der Waals surface area contributed by atoms with Crippen LogP contribution in [0.25, 0.3) is 33.2 Å². The van der Waals surface area contributed by atoms with E-state index in [0.717, 1.165) is 50.1 Å². The van der Waals surface area contributed by atoms with E-state index in [4.69, 9.17) is 19.0 Å². The minimum atomic E-state index is 0.396. The molecule has 0 aliphatic heterocycles. The normalized spacial score (nSPS) is 11.5. The number of aromatic nitrogens is 1. The lowest BCUT2D eigenvalue weighted by atomic mass is 10.0. The lowest BCUT2D eigenvalue weighted by molar-refractivity contribution is 0.161. The Morgan fingerprint density at radius 1 is 0.931 bits per heavy atom. The first kappa shape index (κ1) is 17.7. The average Bonchev–Trinajstić information content (AvgIpc) is 3.30. The smallest absolute Gasteiger partial charge is 0.227 e. The second-order valence-electron chi connectivity index (χ2n) is 7.15. The van der Waals surface area contributed by atoms with E-state index in [1.165, 1.54) is 0 Å². The molecule has 0 atom stereocenters. The highest BCUT2D eigenvalue weighted by molar-refractivity contribution is 5.94. The summed E-state index contributed by atoms with van der Waals surface area (Å²) in [7, 11) is 0. The Labute approximate surface area is 167 Å². The van der Waals surface area contributed by atoms with Gasteiger partial charge in [0.2, 0.25) is 5.89 Å². The van der Waals surface area contributed by atoms with Crippen LogP contribution >= 0.6 is 0 Å². The number of hydrogen-bond donors (Lipinski definition) is 2. The maximum atomic E-state index is 8.89. The van der Waals surface area contributed by atoms with Gasteiger partial charge in [-0.2, -0.15) is 0 Å². The van der Waals surface area contributed by atoms with Crippen LogP contribution in [0.15, 0.2) is 75.6 Å². The molecule has 2 aromatic heterocycles. The molecule has 0 fully saturated rings. The zero-order chi connectivity index (χ0) is 19.8. The monoisotopic (exact) mass is 384 g/mol. The molecule has 0 aliphatic rings.